The van der Waals surface area contributed by atoms with Crippen LogP contribution in [0.5, 0.6) is 0 Å². The molecule has 0 aliphatic carbocycles. The van der Waals surface area contributed by atoms with Crippen LogP contribution in [0.1, 0.15) is 45.9 Å². The molecule has 1 aromatic rings. The predicted molar refractivity (Wildman–Crippen MR) is 84.1 cm³/mol. The first-order chi connectivity index (χ1) is 10.2. The molecule has 5 nitrogen and oxygen atoms in total. The van der Waals surface area contributed by atoms with Crippen LogP contribution in [0.15, 0.2) is 18.3 Å². The molecule has 1 N–H and O–H groups in total. The smallest absolute Gasteiger partial charge is 0.410 e. The Hall–Kier alpha value is -1.69. The lowest BCUT2D eigenvalue weighted by Gasteiger charge is -2.25. The van der Waals surface area contributed by atoms with Gasteiger partial charge in [-0.25, -0.2) is 9.18 Å². The number of rotatable bonds is 6. The van der Waals surface area contributed by atoms with Crippen molar-refractivity contribution >= 4 is 6.09 Å². The first kappa shape index (κ1) is 18.4. The summed E-state index contributed by atoms with van der Waals surface area (Å²) < 4.78 is 18.2. The summed E-state index contributed by atoms with van der Waals surface area (Å²) in [6.45, 7) is 8.67. The van der Waals surface area contributed by atoms with E-state index in [1.54, 1.807) is 13.1 Å². The highest BCUT2D eigenvalue weighted by Crippen LogP contribution is 2.14. The SMILES string of the molecule is CCC(NCCN(C)C(=O)OC(C)(C)C)c1ccc(F)cn1. The lowest BCUT2D eigenvalue weighted by Crippen LogP contribution is -2.38. The van der Waals surface area contributed by atoms with Gasteiger partial charge in [-0.15, -0.1) is 0 Å². The van der Waals surface area contributed by atoms with Crippen LogP contribution in [0, 0.1) is 5.82 Å². The van der Waals surface area contributed by atoms with Crippen LogP contribution in [-0.4, -0.2) is 41.7 Å². The Kier molecular flexibility index (Phi) is 6.74. The number of hydrogen-bond donors (Lipinski definition) is 1. The molecule has 1 unspecified atom stereocenters. The van der Waals surface area contributed by atoms with Crippen molar-refractivity contribution < 1.29 is 13.9 Å². The number of carbonyl (C=O) groups is 1. The minimum absolute atomic E-state index is 0.0348. The van der Waals surface area contributed by atoms with E-state index < -0.39 is 5.60 Å². The highest BCUT2D eigenvalue weighted by molar-refractivity contribution is 5.67. The van der Waals surface area contributed by atoms with Gasteiger partial charge in [0.15, 0.2) is 0 Å². The van der Waals surface area contributed by atoms with Gasteiger partial charge >= 0.3 is 6.09 Å². The van der Waals surface area contributed by atoms with Gasteiger partial charge in [0.05, 0.1) is 11.9 Å². The van der Waals surface area contributed by atoms with Crippen molar-refractivity contribution in [2.24, 2.45) is 0 Å². The van der Waals surface area contributed by atoms with Gasteiger partial charge in [0.2, 0.25) is 0 Å². The van der Waals surface area contributed by atoms with Crippen LogP contribution < -0.4 is 5.32 Å². The fourth-order valence-corrected chi connectivity index (χ4v) is 1.89. The van der Waals surface area contributed by atoms with E-state index >= 15 is 0 Å². The first-order valence-electron chi connectivity index (χ1n) is 7.52. The van der Waals surface area contributed by atoms with Crippen molar-refractivity contribution in [1.29, 1.82) is 0 Å². The fraction of sp³-hybridized carbons (Fsp3) is 0.625. The van der Waals surface area contributed by atoms with E-state index in [9.17, 15) is 9.18 Å². The standard InChI is InChI=1S/C16H26FN3O2/c1-6-13(14-8-7-12(17)11-19-14)18-9-10-20(5)15(21)22-16(2,3)4/h7-8,11,13,18H,6,9-10H2,1-5H3. The molecule has 22 heavy (non-hydrogen) atoms. The Labute approximate surface area is 131 Å². The van der Waals surface area contributed by atoms with E-state index in [2.05, 4.69) is 10.3 Å². The van der Waals surface area contributed by atoms with Gasteiger partial charge in [0, 0.05) is 26.2 Å². The Bertz CT molecular complexity index is 471. The van der Waals surface area contributed by atoms with E-state index in [1.165, 1.54) is 17.2 Å². The molecule has 0 aliphatic rings. The third-order valence-electron chi connectivity index (χ3n) is 3.06. The number of aromatic nitrogens is 1. The molecule has 0 fully saturated rings. The number of nitrogens with zero attached hydrogens (tertiary/aromatic N) is 2. The van der Waals surface area contributed by atoms with E-state index in [4.69, 9.17) is 4.74 Å². The largest absolute Gasteiger partial charge is 0.444 e. The zero-order chi connectivity index (χ0) is 16.8. The molecule has 0 spiro atoms. The second-order valence-electron chi connectivity index (χ2n) is 6.22. The molecular formula is C16H26FN3O2. The van der Waals surface area contributed by atoms with Gasteiger partial charge in [-0.2, -0.15) is 0 Å². The lowest BCUT2D eigenvalue weighted by atomic mass is 10.1. The van der Waals surface area contributed by atoms with Crippen LogP contribution in [0.2, 0.25) is 0 Å². The van der Waals surface area contributed by atoms with Crippen LogP contribution in [0.25, 0.3) is 0 Å². The lowest BCUT2D eigenvalue weighted by molar-refractivity contribution is 0.0299. The van der Waals surface area contributed by atoms with Crippen LogP contribution in [-0.2, 0) is 4.74 Å². The molecule has 0 aromatic carbocycles. The van der Waals surface area contributed by atoms with Crippen molar-refractivity contribution in [3.8, 4) is 0 Å². The Morgan fingerprint density at radius 2 is 2.14 bits per heavy atom. The summed E-state index contributed by atoms with van der Waals surface area (Å²) in [6.07, 6.45) is 1.70. The van der Waals surface area contributed by atoms with Crippen LogP contribution in [0.4, 0.5) is 9.18 Å². The molecule has 1 aromatic heterocycles. The molecule has 124 valence electrons. The van der Waals surface area contributed by atoms with Crippen LogP contribution in [0.3, 0.4) is 0 Å². The van der Waals surface area contributed by atoms with Crippen molar-refractivity contribution in [1.82, 2.24) is 15.2 Å². The highest BCUT2D eigenvalue weighted by Gasteiger charge is 2.19. The van der Waals surface area contributed by atoms with Gasteiger partial charge in [-0.1, -0.05) is 6.92 Å². The molecule has 1 heterocycles. The number of halogens is 1. The fourth-order valence-electron chi connectivity index (χ4n) is 1.89. The van der Waals surface area contributed by atoms with E-state index in [-0.39, 0.29) is 18.0 Å². The monoisotopic (exact) mass is 311 g/mol. The molecule has 1 amide bonds. The van der Waals surface area contributed by atoms with E-state index in [0.717, 1.165) is 12.1 Å². The van der Waals surface area contributed by atoms with Crippen molar-refractivity contribution in [2.45, 2.75) is 45.8 Å². The van der Waals surface area contributed by atoms with Gasteiger partial charge < -0.3 is 15.0 Å². The number of amides is 1. The molecule has 1 atom stereocenters. The number of likely N-dealkylation sites (N-methyl/N-ethyl adjacent to an activating group) is 1. The van der Waals surface area contributed by atoms with E-state index in [0.29, 0.717) is 13.1 Å². The summed E-state index contributed by atoms with van der Waals surface area (Å²) in [5.74, 6) is -0.344. The molecule has 0 radical (unpaired) electrons. The minimum Gasteiger partial charge on any atom is -0.444 e. The minimum atomic E-state index is -0.497. The summed E-state index contributed by atoms with van der Waals surface area (Å²) in [6, 6.07) is 3.11. The Balaban J connectivity index is 2.44. The normalized spacial score (nSPS) is 12.8. The molecule has 1 rings (SSSR count). The quantitative estimate of drug-likeness (QED) is 0.877. The second kappa shape index (κ2) is 8.08. The summed E-state index contributed by atoms with van der Waals surface area (Å²) in [4.78, 5) is 17.5. The maximum absolute atomic E-state index is 12.9. The topological polar surface area (TPSA) is 54.5 Å². The van der Waals surface area contributed by atoms with E-state index in [1.807, 2.05) is 27.7 Å². The molecule has 0 bridgehead atoms. The van der Waals surface area contributed by atoms with Gasteiger partial charge in [0.25, 0.3) is 0 Å². The Morgan fingerprint density at radius 1 is 1.45 bits per heavy atom. The molecule has 0 saturated heterocycles. The van der Waals surface area contributed by atoms with Crippen LogP contribution >= 0.6 is 0 Å². The van der Waals surface area contributed by atoms with Gasteiger partial charge in [-0.05, 0) is 39.3 Å². The predicted octanol–water partition coefficient (Wildman–Crippen LogP) is 3.13. The number of nitrogens with one attached hydrogen (secondary N) is 1. The molecular weight excluding hydrogens is 285 g/mol. The third-order valence-corrected chi connectivity index (χ3v) is 3.06. The van der Waals surface area contributed by atoms with Crippen molar-refractivity contribution in [3.05, 3.63) is 29.8 Å². The maximum Gasteiger partial charge on any atom is 0.410 e. The third kappa shape index (κ3) is 6.39. The molecule has 0 aliphatic heterocycles. The summed E-state index contributed by atoms with van der Waals surface area (Å²) in [5, 5.41) is 3.32. The zero-order valence-electron chi connectivity index (χ0n) is 14.0. The van der Waals surface area contributed by atoms with Gasteiger partial charge in [0.1, 0.15) is 11.4 Å². The number of pyridine rings is 1. The average Bonchev–Trinajstić information content (AvgIpc) is 2.43. The first-order valence-corrected chi connectivity index (χ1v) is 7.52. The van der Waals surface area contributed by atoms with Gasteiger partial charge in [-0.3, -0.25) is 4.98 Å². The Morgan fingerprint density at radius 3 is 2.64 bits per heavy atom. The maximum atomic E-state index is 12.9. The number of ether oxygens (including phenoxy) is 1. The number of hydrogen-bond acceptors (Lipinski definition) is 4. The average molecular weight is 311 g/mol. The summed E-state index contributed by atoms with van der Waals surface area (Å²) in [5.41, 5.74) is 0.298. The molecule has 6 heteroatoms. The molecule has 0 saturated carbocycles. The summed E-state index contributed by atoms with van der Waals surface area (Å²) in [7, 11) is 1.70. The number of carbonyl (C=O) groups excluding carboxylic acids is 1. The summed E-state index contributed by atoms with van der Waals surface area (Å²) >= 11 is 0. The zero-order valence-corrected chi connectivity index (χ0v) is 14.0. The highest BCUT2D eigenvalue weighted by atomic mass is 19.1. The second-order valence-corrected chi connectivity index (χ2v) is 6.22. The van der Waals surface area contributed by atoms with Crippen molar-refractivity contribution in [2.75, 3.05) is 20.1 Å². The van der Waals surface area contributed by atoms with Crippen molar-refractivity contribution in [3.63, 3.8) is 0 Å².